The van der Waals surface area contributed by atoms with Gasteiger partial charge in [-0.3, -0.25) is 33.5 Å². The molecular formula is C57H65N7O16P2S. The van der Waals surface area contributed by atoms with Crippen molar-refractivity contribution in [3.05, 3.63) is 192 Å². The van der Waals surface area contributed by atoms with Crippen LogP contribution in [0.25, 0.3) is 0 Å². The van der Waals surface area contributed by atoms with E-state index in [0.717, 1.165) is 22.0 Å². The lowest BCUT2D eigenvalue weighted by Crippen LogP contribution is -2.44. The summed E-state index contributed by atoms with van der Waals surface area (Å²) in [4.78, 5) is 88.9. The molecule has 1 amide bonds. The Morgan fingerprint density at radius 2 is 1.45 bits per heavy atom. The van der Waals surface area contributed by atoms with Crippen LogP contribution in [0.15, 0.2) is 152 Å². The average molecular weight is 1200 g/mol. The second-order valence-corrected chi connectivity index (χ2v) is 25.4. The molecule has 0 spiro atoms. The van der Waals surface area contributed by atoms with Crippen molar-refractivity contribution >= 4 is 33.0 Å². The number of H-pyrrole nitrogens is 2. The van der Waals surface area contributed by atoms with Gasteiger partial charge in [0.05, 0.1) is 56.5 Å². The molecule has 83 heavy (non-hydrogen) atoms. The van der Waals surface area contributed by atoms with E-state index in [-0.39, 0.29) is 43.6 Å². The third-order valence-electron chi connectivity index (χ3n) is 14.0. The Balaban J connectivity index is 1.18. The molecule has 2 aromatic heterocycles. The molecule has 4 aromatic carbocycles. The third kappa shape index (κ3) is 14.2. The quantitative estimate of drug-likeness (QED) is 0.0462. The number of hydrogen-bond acceptors (Lipinski definition) is 19. The summed E-state index contributed by atoms with van der Waals surface area (Å²) in [6.07, 6.45) is -6.55. The van der Waals surface area contributed by atoms with Crippen molar-refractivity contribution in [1.29, 1.82) is 5.26 Å². The van der Waals surface area contributed by atoms with E-state index < -0.39 is 112 Å². The minimum Gasteiger partial charge on any atom is -0.621 e. The first-order chi connectivity index (χ1) is 40.0. The SMILES string of the molecule is COc1ccc(C(OC[C@H]2O[C@@H](n3ccc(=O)[nH]c3=O)[C@@H]3OCC(=O)NCc4cn(c(=O)[nH]c4=O)[C@H]4C[C@H](OP(OCCC#N)N(C(C)C)C(C)C)[C@@H](CO[P+]([O-])(Sc5ccccc5)O[C@@H]32)O4)(c2ccccc2)c2ccc(OC)cc2)cc1. The van der Waals surface area contributed by atoms with Gasteiger partial charge in [-0.25, -0.2) is 14.3 Å². The molecule has 3 aliphatic heterocycles. The molecular weight excluding hydrogens is 1130 g/mol. The molecule has 5 heterocycles. The highest BCUT2D eigenvalue weighted by molar-refractivity contribution is 8.57. The van der Waals surface area contributed by atoms with E-state index >= 15 is 4.89 Å². The molecule has 0 radical (unpaired) electrons. The van der Waals surface area contributed by atoms with Crippen molar-refractivity contribution < 1.29 is 56.2 Å². The number of aromatic nitrogens is 4. The van der Waals surface area contributed by atoms with Crippen LogP contribution in [-0.2, 0) is 54.0 Å². The predicted octanol–water partition coefficient (Wildman–Crippen LogP) is 6.21. The number of methoxy groups -OCH3 is 2. The fraction of sp³-hybridized carbons (Fsp3) is 0.404. The molecule has 2 unspecified atom stereocenters. The number of carbonyl (C=O) groups is 1. The summed E-state index contributed by atoms with van der Waals surface area (Å²) in [5.41, 5.74) is -2.71. The maximum atomic E-state index is 16.3. The summed E-state index contributed by atoms with van der Waals surface area (Å²) in [5.74, 6) is 0.397. The van der Waals surface area contributed by atoms with Crippen LogP contribution in [0.1, 0.15) is 75.2 Å². The Hall–Kier alpha value is -6.39. The van der Waals surface area contributed by atoms with E-state index in [2.05, 4.69) is 21.4 Å². The van der Waals surface area contributed by atoms with E-state index in [4.69, 9.17) is 46.5 Å². The normalized spacial score (nSPS) is 23.5. The predicted molar refractivity (Wildman–Crippen MR) is 305 cm³/mol. The number of rotatable bonds is 19. The third-order valence-corrected chi connectivity index (χ3v) is 19.7. The lowest BCUT2D eigenvalue weighted by molar-refractivity contribution is -0.221. The Labute approximate surface area is 484 Å². The minimum absolute atomic E-state index is 0.0137. The van der Waals surface area contributed by atoms with Crippen LogP contribution < -0.4 is 42.2 Å². The van der Waals surface area contributed by atoms with E-state index in [1.165, 1.54) is 17.0 Å². The summed E-state index contributed by atoms with van der Waals surface area (Å²) >= 11 is 0.758. The first-order valence-electron chi connectivity index (χ1n) is 26.8. The van der Waals surface area contributed by atoms with Crippen LogP contribution in [0, 0.1) is 11.3 Å². The molecule has 3 aliphatic rings. The van der Waals surface area contributed by atoms with E-state index in [0.29, 0.717) is 33.1 Å². The maximum absolute atomic E-state index is 16.3. The lowest BCUT2D eigenvalue weighted by Gasteiger charge is -2.38. The van der Waals surface area contributed by atoms with Gasteiger partial charge in [-0.2, -0.15) is 14.3 Å². The van der Waals surface area contributed by atoms with Gasteiger partial charge in [0.25, 0.3) is 19.6 Å². The van der Waals surface area contributed by atoms with Gasteiger partial charge < -0.3 is 47.7 Å². The van der Waals surface area contributed by atoms with Gasteiger partial charge in [-0.05, 0) is 80.8 Å². The Morgan fingerprint density at radius 1 is 0.819 bits per heavy atom. The number of nitrogens with zero attached hydrogens (tertiary/aromatic N) is 4. The largest absolute Gasteiger partial charge is 0.621 e. The maximum Gasteiger partial charge on any atom is 0.330 e. The number of amides is 1. The standard InChI is InChI=1S/C57H65N7O16P2S/c1-36(2)64(37(3)4)81(75-29-13-27-58)79-45-30-50-63-32-38(53(67)61-56(63)69)31-59-49(66)35-73-52-51(80-82(70,76-34-46(45)77-50)83-44-16-11-8-12-17-44)47(78-54(52)62-28-26-48(65)60-55(62)68)33-74-57(39-14-9-7-10-15-39,40-18-22-42(71-5)23-19-40)41-20-24-43(72-6)25-21-41/h7-12,14-26,28,32,36-37,45-47,50-52,54H,13,29-31,33-35H2,1-6H3,(H,59,66)(H,60,65,68)(H,61,67,69)/t45-,46+,47+,50+,51+,52+,54+,81?,82?/m0/s1. The molecule has 23 nitrogen and oxygen atoms in total. The van der Waals surface area contributed by atoms with Gasteiger partial charge in [0.15, 0.2) is 12.3 Å². The zero-order valence-corrected chi connectivity index (χ0v) is 49.0. The Bertz CT molecular complexity index is 3370. The van der Waals surface area contributed by atoms with Gasteiger partial charge >= 0.3 is 18.5 Å². The highest BCUT2D eigenvalue weighted by atomic mass is 32.7. The molecule has 6 aromatic rings. The van der Waals surface area contributed by atoms with Crippen LogP contribution in [0.5, 0.6) is 11.5 Å². The number of benzene rings is 4. The monoisotopic (exact) mass is 1200 g/mol. The van der Waals surface area contributed by atoms with Crippen LogP contribution in [0.4, 0.5) is 0 Å². The molecule has 2 fully saturated rings. The minimum atomic E-state index is -4.69. The van der Waals surface area contributed by atoms with Gasteiger partial charge in [-0.15, -0.1) is 0 Å². The van der Waals surface area contributed by atoms with Crippen molar-refractivity contribution in [3.63, 3.8) is 0 Å². The van der Waals surface area contributed by atoms with Crippen LogP contribution in [0.2, 0.25) is 0 Å². The molecule has 440 valence electrons. The van der Waals surface area contributed by atoms with E-state index in [1.807, 2.05) is 87.0 Å². The van der Waals surface area contributed by atoms with Crippen molar-refractivity contribution in [2.45, 2.75) is 113 Å². The number of hydrogen-bond donors (Lipinski definition) is 3. The van der Waals surface area contributed by atoms with Gasteiger partial charge in [0.1, 0.15) is 66.2 Å². The number of nitrogens with one attached hydrogen (secondary N) is 3. The average Bonchev–Trinajstić information content (AvgIpc) is 4.25. The van der Waals surface area contributed by atoms with E-state index in [9.17, 15) is 29.2 Å². The molecule has 9 rings (SSSR count). The molecule has 3 N–H and O–H groups in total. The van der Waals surface area contributed by atoms with Crippen LogP contribution >= 0.6 is 27.1 Å². The fourth-order valence-electron chi connectivity index (χ4n) is 10.1. The first kappa shape index (κ1) is 61.2. The van der Waals surface area contributed by atoms with Crippen molar-refractivity contribution in [1.82, 2.24) is 29.1 Å². The number of nitriles is 1. The molecule has 0 aliphatic carbocycles. The molecule has 9 atom stereocenters. The van der Waals surface area contributed by atoms with Gasteiger partial charge in [0, 0.05) is 43.5 Å². The summed E-state index contributed by atoms with van der Waals surface area (Å²) in [6, 6.07) is 35.7. The van der Waals surface area contributed by atoms with Crippen LogP contribution in [-0.4, -0.2) is 113 Å². The lowest BCUT2D eigenvalue weighted by atomic mass is 9.80. The number of fused-ring (bicyclic) bond motifs is 6. The highest BCUT2D eigenvalue weighted by Gasteiger charge is 2.56. The fourth-order valence-corrected chi connectivity index (χ4v) is 15.4. The number of aromatic amines is 2. The van der Waals surface area contributed by atoms with E-state index in [1.54, 1.807) is 68.8 Å². The molecule has 2 saturated heterocycles. The second-order valence-electron chi connectivity index (χ2n) is 20.0. The highest BCUT2D eigenvalue weighted by Crippen LogP contribution is 2.69. The number of carbonyl (C=O) groups excluding carboxylic acids is 1. The van der Waals surface area contributed by atoms with Crippen molar-refractivity contribution in [2.75, 3.05) is 40.6 Å². The first-order valence-corrected chi connectivity index (χ1v) is 30.9. The Kier molecular flexibility index (Phi) is 20.3. The summed E-state index contributed by atoms with van der Waals surface area (Å²) in [6.45, 7) is 5.92. The van der Waals surface area contributed by atoms with Crippen molar-refractivity contribution in [2.24, 2.45) is 0 Å². The molecule has 0 saturated carbocycles. The molecule has 26 heteroatoms. The Morgan fingerprint density at radius 3 is 2.06 bits per heavy atom. The summed E-state index contributed by atoms with van der Waals surface area (Å²) < 4.78 is 69.4. The van der Waals surface area contributed by atoms with Gasteiger partial charge in [0.2, 0.25) is 5.91 Å². The van der Waals surface area contributed by atoms with Crippen LogP contribution in [0.3, 0.4) is 0 Å². The number of ether oxygens (including phenoxy) is 6. The topological polar surface area (TPSA) is 281 Å². The van der Waals surface area contributed by atoms with Gasteiger partial charge in [-0.1, -0.05) is 72.8 Å². The second kappa shape index (κ2) is 27.5. The smallest absolute Gasteiger partial charge is 0.330 e. The summed E-state index contributed by atoms with van der Waals surface area (Å²) in [5, 5.41) is 12.2. The summed E-state index contributed by atoms with van der Waals surface area (Å²) in [7, 11) is -3.51. The zero-order valence-electron chi connectivity index (χ0n) is 46.4. The zero-order chi connectivity index (χ0) is 58.8. The van der Waals surface area contributed by atoms with Crippen molar-refractivity contribution in [3.8, 4) is 17.6 Å². The molecule has 4 bridgehead atoms.